The second kappa shape index (κ2) is 6.06. The molecule has 1 heterocycles. The number of phenols is 1. The quantitative estimate of drug-likeness (QED) is 0.874. The lowest BCUT2D eigenvalue weighted by Gasteiger charge is -2.26. The Morgan fingerprint density at radius 1 is 1.33 bits per heavy atom. The van der Waals surface area contributed by atoms with Gasteiger partial charge in [0.1, 0.15) is 5.75 Å². The third-order valence-corrected chi connectivity index (χ3v) is 4.45. The van der Waals surface area contributed by atoms with E-state index in [1.807, 2.05) is 17.9 Å². The average molecular weight is 288 g/mol. The van der Waals surface area contributed by atoms with E-state index in [0.29, 0.717) is 17.5 Å². The highest BCUT2D eigenvalue weighted by Crippen LogP contribution is 2.31. The van der Waals surface area contributed by atoms with Crippen LogP contribution in [0.5, 0.6) is 5.75 Å². The Morgan fingerprint density at radius 2 is 2.14 bits per heavy atom. The zero-order valence-corrected chi connectivity index (χ0v) is 12.6. The highest BCUT2D eigenvalue weighted by molar-refractivity contribution is 5.97. The van der Waals surface area contributed by atoms with Gasteiger partial charge in [0, 0.05) is 19.1 Å². The van der Waals surface area contributed by atoms with Gasteiger partial charge in [0.2, 0.25) is 0 Å². The minimum absolute atomic E-state index is 0.0342. The van der Waals surface area contributed by atoms with Crippen LogP contribution in [0.3, 0.4) is 0 Å². The average Bonchev–Trinajstić information content (AvgIpc) is 3.11. The van der Waals surface area contributed by atoms with Gasteiger partial charge in [-0.05, 0) is 62.8 Å². The molecule has 2 fully saturated rings. The van der Waals surface area contributed by atoms with E-state index < -0.39 is 0 Å². The molecule has 1 aliphatic heterocycles. The van der Waals surface area contributed by atoms with Crippen molar-refractivity contribution >= 4 is 5.91 Å². The molecule has 0 aromatic heterocycles. The van der Waals surface area contributed by atoms with Gasteiger partial charge in [0.25, 0.3) is 5.91 Å². The zero-order valence-electron chi connectivity index (χ0n) is 12.6. The topological polar surface area (TPSA) is 52.6 Å². The summed E-state index contributed by atoms with van der Waals surface area (Å²) >= 11 is 0. The molecule has 2 N–H and O–H groups in total. The van der Waals surface area contributed by atoms with E-state index in [4.69, 9.17) is 0 Å². The molecule has 1 aliphatic carbocycles. The van der Waals surface area contributed by atoms with Crippen LogP contribution in [0, 0.1) is 12.8 Å². The molecule has 1 atom stereocenters. The molecule has 0 spiro atoms. The minimum atomic E-state index is -0.0342. The third-order valence-electron chi connectivity index (χ3n) is 4.45. The van der Waals surface area contributed by atoms with Crippen LogP contribution < -0.4 is 5.32 Å². The fourth-order valence-corrected chi connectivity index (χ4v) is 3.02. The summed E-state index contributed by atoms with van der Waals surface area (Å²) in [5, 5.41) is 13.5. The predicted molar refractivity (Wildman–Crippen MR) is 82.5 cm³/mol. The standard InChI is InChI=1S/C17H24N2O2/c1-12-4-7-15(16(20)9-12)17(21)19(10-13-5-6-13)11-14-3-2-8-18-14/h4,7,9,13-14,18,20H,2-3,5-6,8,10-11H2,1H3. The van der Waals surface area contributed by atoms with Gasteiger partial charge in [0.05, 0.1) is 5.56 Å². The number of nitrogens with one attached hydrogen (secondary N) is 1. The van der Waals surface area contributed by atoms with Crippen LogP contribution in [0.4, 0.5) is 0 Å². The van der Waals surface area contributed by atoms with Crippen molar-refractivity contribution in [1.82, 2.24) is 10.2 Å². The molecular formula is C17H24N2O2. The number of carbonyl (C=O) groups is 1. The molecular weight excluding hydrogens is 264 g/mol. The van der Waals surface area contributed by atoms with E-state index in [-0.39, 0.29) is 11.7 Å². The number of amides is 1. The zero-order chi connectivity index (χ0) is 14.8. The van der Waals surface area contributed by atoms with Crippen molar-refractivity contribution in [1.29, 1.82) is 0 Å². The first-order chi connectivity index (χ1) is 10.1. The van der Waals surface area contributed by atoms with Crippen molar-refractivity contribution in [3.63, 3.8) is 0 Å². The summed E-state index contributed by atoms with van der Waals surface area (Å²) in [6.07, 6.45) is 4.77. The molecule has 3 rings (SSSR count). The molecule has 4 nitrogen and oxygen atoms in total. The summed E-state index contributed by atoms with van der Waals surface area (Å²) in [4.78, 5) is 14.7. The van der Waals surface area contributed by atoms with E-state index in [2.05, 4.69) is 5.32 Å². The summed E-state index contributed by atoms with van der Waals surface area (Å²) in [6.45, 7) is 4.54. The number of rotatable bonds is 5. The number of aryl methyl sites for hydroxylation is 1. The summed E-state index contributed by atoms with van der Waals surface area (Å²) < 4.78 is 0. The molecule has 21 heavy (non-hydrogen) atoms. The lowest BCUT2D eigenvalue weighted by molar-refractivity contribution is 0.0730. The van der Waals surface area contributed by atoms with Crippen molar-refractivity contribution in [3.05, 3.63) is 29.3 Å². The summed E-state index contributed by atoms with van der Waals surface area (Å²) in [6, 6.07) is 5.70. The van der Waals surface area contributed by atoms with E-state index in [1.165, 1.54) is 19.3 Å². The van der Waals surface area contributed by atoms with Crippen molar-refractivity contribution in [2.45, 2.75) is 38.6 Å². The highest BCUT2D eigenvalue weighted by Gasteiger charge is 2.30. The monoisotopic (exact) mass is 288 g/mol. The van der Waals surface area contributed by atoms with Crippen LogP contribution in [0.2, 0.25) is 0 Å². The van der Waals surface area contributed by atoms with Gasteiger partial charge in [0.15, 0.2) is 0 Å². The molecule has 2 aliphatic rings. The second-order valence-electron chi connectivity index (χ2n) is 6.47. The van der Waals surface area contributed by atoms with Crippen LogP contribution in [-0.4, -0.2) is 41.6 Å². The van der Waals surface area contributed by atoms with Gasteiger partial charge in [-0.25, -0.2) is 0 Å². The molecule has 1 aromatic rings. The Balaban J connectivity index is 1.75. The Labute approximate surface area is 126 Å². The molecule has 114 valence electrons. The first-order valence-electron chi connectivity index (χ1n) is 7.96. The van der Waals surface area contributed by atoms with Crippen molar-refractivity contribution in [3.8, 4) is 5.75 Å². The van der Waals surface area contributed by atoms with Crippen LogP contribution in [0.15, 0.2) is 18.2 Å². The molecule has 4 heteroatoms. The number of hydrogen-bond acceptors (Lipinski definition) is 3. The van der Waals surface area contributed by atoms with Gasteiger partial charge < -0.3 is 15.3 Å². The maximum atomic E-state index is 12.8. The number of phenolic OH excluding ortho intramolecular Hbond substituents is 1. The van der Waals surface area contributed by atoms with E-state index in [9.17, 15) is 9.90 Å². The smallest absolute Gasteiger partial charge is 0.257 e. The fourth-order valence-electron chi connectivity index (χ4n) is 3.02. The summed E-state index contributed by atoms with van der Waals surface area (Å²) in [7, 11) is 0. The van der Waals surface area contributed by atoms with Gasteiger partial charge in [-0.15, -0.1) is 0 Å². The van der Waals surface area contributed by atoms with E-state index in [1.54, 1.807) is 12.1 Å². The molecule has 1 aromatic carbocycles. The van der Waals surface area contributed by atoms with Crippen LogP contribution in [0.1, 0.15) is 41.6 Å². The van der Waals surface area contributed by atoms with E-state index in [0.717, 1.165) is 31.6 Å². The molecule has 1 amide bonds. The molecule has 1 saturated heterocycles. The fraction of sp³-hybridized carbons (Fsp3) is 0.588. The van der Waals surface area contributed by atoms with Crippen LogP contribution >= 0.6 is 0 Å². The van der Waals surface area contributed by atoms with Crippen molar-refractivity contribution in [2.24, 2.45) is 5.92 Å². The number of hydrogen-bond donors (Lipinski definition) is 2. The SMILES string of the molecule is Cc1ccc(C(=O)N(CC2CC2)CC2CCCN2)c(O)c1. The number of benzene rings is 1. The second-order valence-corrected chi connectivity index (χ2v) is 6.47. The summed E-state index contributed by atoms with van der Waals surface area (Å²) in [5.41, 5.74) is 1.40. The molecule has 0 bridgehead atoms. The predicted octanol–water partition coefficient (Wildman–Crippen LogP) is 2.30. The van der Waals surface area contributed by atoms with Gasteiger partial charge in [-0.1, -0.05) is 6.07 Å². The Hall–Kier alpha value is -1.55. The maximum Gasteiger partial charge on any atom is 0.257 e. The van der Waals surface area contributed by atoms with Crippen LogP contribution in [0.25, 0.3) is 0 Å². The highest BCUT2D eigenvalue weighted by atomic mass is 16.3. The Bertz CT molecular complexity index is 520. The Kier molecular flexibility index (Phi) is 4.15. The number of carbonyl (C=O) groups excluding carboxylic acids is 1. The minimum Gasteiger partial charge on any atom is -0.507 e. The van der Waals surface area contributed by atoms with E-state index >= 15 is 0 Å². The lowest BCUT2D eigenvalue weighted by Crippen LogP contribution is -2.42. The first kappa shape index (κ1) is 14.4. The Morgan fingerprint density at radius 3 is 2.76 bits per heavy atom. The van der Waals surface area contributed by atoms with Gasteiger partial charge in [-0.3, -0.25) is 4.79 Å². The molecule has 0 radical (unpaired) electrons. The molecule has 1 unspecified atom stereocenters. The normalized spacial score (nSPS) is 21.5. The van der Waals surface area contributed by atoms with Gasteiger partial charge >= 0.3 is 0 Å². The lowest BCUT2D eigenvalue weighted by atomic mass is 10.1. The maximum absolute atomic E-state index is 12.8. The van der Waals surface area contributed by atoms with Crippen molar-refractivity contribution in [2.75, 3.05) is 19.6 Å². The van der Waals surface area contributed by atoms with Gasteiger partial charge in [-0.2, -0.15) is 0 Å². The third kappa shape index (κ3) is 3.56. The summed E-state index contributed by atoms with van der Waals surface area (Å²) in [5.74, 6) is 0.719. The largest absolute Gasteiger partial charge is 0.507 e. The number of aromatic hydroxyl groups is 1. The molecule has 1 saturated carbocycles. The van der Waals surface area contributed by atoms with Crippen molar-refractivity contribution < 1.29 is 9.90 Å². The van der Waals surface area contributed by atoms with Crippen LogP contribution in [-0.2, 0) is 0 Å². The number of nitrogens with zero attached hydrogens (tertiary/aromatic N) is 1. The first-order valence-corrected chi connectivity index (χ1v) is 7.96.